The van der Waals surface area contributed by atoms with Gasteiger partial charge in [-0.15, -0.1) is 23.2 Å². The molecule has 19 heavy (non-hydrogen) atoms. The van der Waals surface area contributed by atoms with Gasteiger partial charge in [0.1, 0.15) is 6.61 Å². The van der Waals surface area contributed by atoms with Crippen molar-refractivity contribution in [3.63, 3.8) is 0 Å². The number of alkyl halides is 5. The Morgan fingerprint density at radius 2 is 1.42 bits per heavy atom. The average molecular weight is 327 g/mol. The van der Waals surface area contributed by atoms with Crippen molar-refractivity contribution in [3.05, 3.63) is 0 Å². The molecule has 7 heteroatoms. The standard InChI is InChI=1S/C8H14ClF3O2.C4H9Cl/c9-3-6-13-4-1-2-5-14-7-8(10,11)12;1-2-3-4-5/h1-7H2;2-4H2,1H3. The van der Waals surface area contributed by atoms with E-state index in [0.29, 0.717) is 31.9 Å². The number of hydrogen-bond donors (Lipinski definition) is 0. The van der Waals surface area contributed by atoms with E-state index in [1.54, 1.807) is 0 Å². The van der Waals surface area contributed by atoms with Gasteiger partial charge in [-0.25, -0.2) is 0 Å². The van der Waals surface area contributed by atoms with Crippen molar-refractivity contribution in [3.8, 4) is 0 Å². The molecule has 118 valence electrons. The van der Waals surface area contributed by atoms with Gasteiger partial charge in [-0.2, -0.15) is 13.2 Å². The van der Waals surface area contributed by atoms with Crippen LogP contribution in [0.5, 0.6) is 0 Å². The van der Waals surface area contributed by atoms with Crippen molar-refractivity contribution in [1.29, 1.82) is 0 Å². The Labute approximate surface area is 123 Å². The van der Waals surface area contributed by atoms with Crippen LogP contribution in [0.4, 0.5) is 13.2 Å². The summed E-state index contributed by atoms with van der Waals surface area (Å²) in [5.74, 6) is 1.25. The molecule has 0 aromatic carbocycles. The third-order valence-corrected chi connectivity index (χ3v) is 2.22. The van der Waals surface area contributed by atoms with Gasteiger partial charge in [-0.05, 0) is 19.3 Å². The molecule has 0 aromatic rings. The van der Waals surface area contributed by atoms with Crippen molar-refractivity contribution in [1.82, 2.24) is 0 Å². The Bertz CT molecular complexity index is 168. The molecule has 0 aromatic heterocycles. The highest BCUT2D eigenvalue weighted by Crippen LogP contribution is 2.14. The summed E-state index contributed by atoms with van der Waals surface area (Å²) in [5, 5.41) is 0. The molecule has 0 radical (unpaired) electrons. The molecule has 0 bridgehead atoms. The van der Waals surface area contributed by atoms with Gasteiger partial charge in [-0.3, -0.25) is 0 Å². The van der Waals surface area contributed by atoms with Gasteiger partial charge in [0, 0.05) is 25.0 Å². The van der Waals surface area contributed by atoms with Crippen molar-refractivity contribution < 1.29 is 22.6 Å². The lowest BCUT2D eigenvalue weighted by Gasteiger charge is -2.07. The lowest BCUT2D eigenvalue weighted by molar-refractivity contribution is -0.174. The zero-order valence-corrected chi connectivity index (χ0v) is 12.8. The van der Waals surface area contributed by atoms with E-state index in [4.69, 9.17) is 27.9 Å². The van der Waals surface area contributed by atoms with E-state index in [1.165, 1.54) is 6.42 Å². The van der Waals surface area contributed by atoms with Gasteiger partial charge in [0.15, 0.2) is 0 Å². The van der Waals surface area contributed by atoms with Crippen LogP contribution in [0, 0.1) is 0 Å². The maximum atomic E-state index is 11.6. The highest BCUT2D eigenvalue weighted by atomic mass is 35.5. The predicted octanol–water partition coefficient (Wildman–Crippen LogP) is 4.63. The SMILES string of the molecule is CCCCCl.FC(F)(F)COCCCCOCCCl. The Kier molecular flexibility index (Phi) is 18.6. The predicted molar refractivity (Wildman–Crippen MR) is 73.3 cm³/mol. The molecule has 0 aliphatic heterocycles. The maximum absolute atomic E-state index is 11.6. The number of ether oxygens (including phenoxy) is 2. The second kappa shape index (κ2) is 16.3. The normalized spacial score (nSPS) is 11.1. The third-order valence-electron chi connectivity index (χ3n) is 1.80. The smallest absolute Gasteiger partial charge is 0.380 e. The van der Waals surface area contributed by atoms with E-state index in [-0.39, 0.29) is 6.61 Å². The lowest BCUT2D eigenvalue weighted by Crippen LogP contribution is -2.17. The summed E-state index contributed by atoms with van der Waals surface area (Å²) in [5.41, 5.74) is 0. The summed E-state index contributed by atoms with van der Waals surface area (Å²) in [6.07, 6.45) is -0.604. The number of halogens is 5. The van der Waals surface area contributed by atoms with Crippen LogP contribution in [0.3, 0.4) is 0 Å². The molecule has 0 heterocycles. The van der Waals surface area contributed by atoms with Gasteiger partial charge in [-0.1, -0.05) is 13.3 Å². The van der Waals surface area contributed by atoms with Crippen molar-refractivity contribution >= 4 is 23.2 Å². The van der Waals surface area contributed by atoms with E-state index in [0.717, 1.165) is 12.3 Å². The van der Waals surface area contributed by atoms with Gasteiger partial charge in [0.2, 0.25) is 0 Å². The zero-order valence-electron chi connectivity index (χ0n) is 11.3. The van der Waals surface area contributed by atoms with Crippen molar-refractivity contribution in [2.45, 2.75) is 38.8 Å². The summed E-state index contributed by atoms with van der Waals surface area (Å²) >= 11 is 10.6. The summed E-state index contributed by atoms with van der Waals surface area (Å²) in [7, 11) is 0. The van der Waals surface area contributed by atoms with Crippen LogP contribution in [-0.2, 0) is 9.47 Å². The molecule has 0 aliphatic rings. The van der Waals surface area contributed by atoms with E-state index in [1.807, 2.05) is 0 Å². The first-order chi connectivity index (χ1) is 8.97. The second-order valence-electron chi connectivity index (χ2n) is 3.72. The maximum Gasteiger partial charge on any atom is 0.411 e. The Morgan fingerprint density at radius 1 is 0.842 bits per heavy atom. The van der Waals surface area contributed by atoms with Crippen molar-refractivity contribution in [2.75, 3.05) is 38.2 Å². The van der Waals surface area contributed by atoms with Crippen LogP contribution >= 0.6 is 23.2 Å². The molecule has 0 atom stereocenters. The Hall–Kier alpha value is 0.290. The van der Waals surface area contributed by atoms with Crippen molar-refractivity contribution in [2.24, 2.45) is 0 Å². The number of unbranched alkanes of at least 4 members (excludes halogenated alkanes) is 2. The molecular weight excluding hydrogens is 304 g/mol. The quantitative estimate of drug-likeness (QED) is 0.430. The monoisotopic (exact) mass is 326 g/mol. The minimum absolute atomic E-state index is 0.115. The number of rotatable bonds is 10. The van der Waals surface area contributed by atoms with Crippen LogP contribution in [0.2, 0.25) is 0 Å². The fourth-order valence-corrected chi connectivity index (χ4v) is 1.26. The molecule has 0 fully saturated rings. The largest absolute Gasteiger partial charge is 0.411 e. The highest BCUT2D eigenvalue weighted by molar-refractivity contribution is 6.18. The summed E-state index contributed by atoms with van der Waals surface area (Å²) in [6.45, 7) is 2.06. The first kappa shape index (κ1) is 21.6. The van der Waals surface area contributed by atoms with Gasteiger partial charge >= 0.3 is 6.18 Å². The minimum atomic E-state index is -4.23. The summed E-state index contributed by atoms with van der Waals surface area (Å²) < 4.78 is 44.1. The zero-order chi connectivity index (χ0) is 15.0. The molecule has 0 N–H and O–H groups in total. The molecule has 0 rings (SSSR count). The highest BCUT2D eigenvalue weighted by Gasteiger charge is 2.26. The van der Waals surface area contributed by atoms with E-state index < -0.39 is 12.8 Å². The minimum Gasteiger partial charge on any atom is -0.380 e. The first-order valence-electron chi connectivity index (χ1n) is 6.32. The van der Waals surface area contributed by atoms with Crippen LogP contribution < -0.4 is 0 Å². The topological polar surface area (TPSA) is 18.5 Å². The molecule has 0 saturated heterocycles. The summed E-state index contributed by atoms with van der Waals surface area (Å²) in [4.78, 5) is 0. The first-order valence-corrected chi connectivity index (χ1v) is 7.39. The third kappa shape index (κ3) is 27.5. The van der Waals surface area contributed by atoms with Crippen LogP contribution in [0.25, 0.3) is 0 Å². The molecular formula is C12H23Cl2F3O2. The van der Waals surface area contributed by atoms with Gasteiger partial charge < -0.3 is 9.47 Å². The van der Waals surface area contributed by atoms with E-state index in [9.17, 15) is 13.2 Å². The van der Waals surface area contributed by atoms with Crippen LogP contribution in [0.15, 0.2) is 0 Å². The average Bonchev–Trinajstić information content (AvgIpc) is 2.33. The summed E-state index contributed by atoms with van der Waals surface area (Å²) in [6, 6.07) is 0. The van der Waals surface area contributed by atoms with Gasteiger partial charge in [0.05, 0.1) is 6.61 Å². The Balaban J connectivity index is 0. The molecule has 0 aliphatic carbocycles. The van der Waals surface area contributed by atoms with Gasteiger partial charge in [0.25, 0.3) is 0 Å². The molecule has 0 spiro atoms. The molecule has 0 unspecified atom stereocenters. The lowest BCUT2D eigenvalue weighted by atomic mass is 10.3. The fourth-order valence-electron chi connectivity index (χ4n) is 0.886. The second-order valence-corrected chi connectivity index (χ2v) is 4.47. The van der Waals surface area contributed by atoms with E-state index in [2.05, 4.69) is 11.7 Å². The molecule has 2 nitrogen and oxygen atoms in total. The molecule has 0 amide bonds. The van der Waals surface area contributed by atoms with E-state index >= 15 is 0 Å². The fraction of sp³-hybridized carbons (Fsp3) is 1.00. The van der Waals surface area contributed by atoms with Crippen LogP contribution in [-0.4, -0.2) is 44.4 Å². The number of hydrogen-bond acceptors (Lipinski definition) is 2. The van der Waals surface area contributed by atoms with Crippen LogP contribution in [0.1, 0.15) is 32.6 Å². The Morgan fingerprint density at radius 3 is 1.79 bits per heavy atom. The molecule has 0 saturated carbocycles.